The molecule has 0 aliphatic carbocycles. The summed E-state index contributed by atoms with van der Waals surface area (Å²) in [7, 11) is 0. The van der Waals surface area contributed by atoms with Crippen molar-refractivity contribution in [2.75, 3.05) is 0 Å². The quantitative estimate of drug-likeness (QED) is 0.583. The van der Waals surface area contributed by atoms with Gasteiger partial charge < -0.3 is 0 Å². The van der Waals surface area contributed by atoms with Gasteiger partial charge in [0.2, 0.25) is 0 Å². The Labute approximate surface area is 107 Å². The van der Waals surface area contributed by atoms with Gasteiger partial charge in [0.05, 0.1) is 0 Å². The molecule has 0 saturated heterocycles. The average Bonchev–Trinajstić information content (AvgIpc) is 2.38. The van der Waals surface area contributed by atoms with Crippen LogP contribution < -0.4 is 0 Å². The van der Waals surface area contributed by atoms with E-state index in [1.807, 2.05) is 13.8 Å². The molecule has 0 aliphatic heterocycles. The van der Waals surface area contributed by atoms with E-state index in [-0.39, 0.29) is 0 Å². The molecule has 0 fully saturated rings. The second-order valence-corrected chi connectivity index (χ2v) is 4.15. The molecule has 0 nitrogen and oxygen atoms in total. The van der Waals surface area contributed by atoms with Crippen LogP contribution in [0.1, 0.15) is 47.1 Å². The van der Waals surface area contributed by atoms with Crippen molar-refractivity contribution in [3.05, 3.63) is 53.6 Å². The fraction of sp³-hybridized carbons (Fsp3) is 0.412. The Morgan fingerprint density at radius 2 is 1.59 bits per heavy atom. The minimum absolute atomic E-state index is 0.615. The van der Waals surface area contributed by atoms with Crippen LogP contribution in [0.5, 0.6) is 0 Å². The van der Waals surface area contributed by atoms with E-state index in [0.717, 1.165) is 0 Å². The number of allylic oxidation sites excluding steroid dienone is 4. The standard InChI is InChI=1S/C15H20.C2H6/c1-5-14(11-13(4)12(2)3)15-9-7-6-8-10-15;1-2/h5-12H,1-4H3;1-2H3/b13-11+,14-5+;. The van der Waals surface area contributed by atoms with Crippen LogP contribution in [-0.4, -0.2) is 0 Å². The van der Waals surface area contributed by atoms with E-state index >= 15 is 0 Å². The largest absolute Gasteiger partial charge is 0.0798 e. The molecule has 0 unspecified atom stereocenters. The van der Waals surface area contributed by atoms with Crippen LogP contribution in [0.2, 0.25) is 0 Å². The molecule has 94 valence electrons. The molecule has 17 heavy (non-hydrogen) atoms. The van der Waals surface area contributed by atoms with Gasteiger partial charge in [-0.2, -0.15) is 0 Å². The summed E-state index contributed by atoms with van der Waals surface area (Å²) in [4.78, 5) is 0. The van der Waals surface area contributed by atoms with Crippen molar-refractivity contribution >= 4 is 5.57 Å². The predicted octanol–water partition coefficient (Wildman–Crippen LogP) is 5.72. The van der Waals surface area contributed by atoms with Gasteiger partial charge in [-0.15, -0.1) is 0 Å². The van der Waals surface area contributed by atoms with Gasteiger partial charge in [0.25, 0.3) is 0 Å². The number of rotatable bonds is 3. The first kappa shape index (κ1) is 15.7. The molecular weight excluding hydrogens is 204 g/mol. The van der Waals surface area contributed by atoms with Crippen molar-refractivity contribution < 1.29 is 0 Å². The van der Waals surface area contributed by atoms with Gasteiger partial charge in [-0.25, -0.2) is 0 Å². The molecule has 0 radical (unpaired) electrons. The van der Waals surface area contributed by atoms with Gasteiger partial charge in [0.15, 0.2) is 0 Å². The van der Waals surface area contributed by atoms with Crippen LogP contribution in [0.15, 0.2) is 48.1 Å². The summed E-state index contributed by atoms with van der Waals surface area (Å²) in [6.07, 6.45) is 4.45. The zero-order valence-electron chi connectivity index (χ0n) is 12.1. The van der Waals surface area contributed by atoms with E-state index in [2.05, 4.69) is 70.2 Å². The summed E-state index contributed by atoms with van der Waals surface area (Å²) in [5, 5.41) is 0. The van der Waals surface area contributed by atoms with Crippen molar-refractivity contribution in [3.8, 4) is 0 Å². The number of hydrogen-bond donors (Lipinski definition) is 0. The molecule has 0 heteroatoms. The van der Waals surface area contributed by atoms with Crippen molar-refractivity contribution in [2.24, 2.45) is 5.92 Å². The first-order valence-corrected chi connectivity index (χ1v) is 6.55. The molecule has 1 aromatic carbocycles. The highest BCUT2D eigenvalue weighted by Gasteiger charge is 2.00. The lowest BCUT2D eigenvalue weighted by atomic mass is 9.98. The molecule has 1 aromatic rings. The fourth-order valence-corrected chi connectivity index (χ4v) is 1.38. The van der Waals surface area contributed by atoms with Crippen molar-refractivity contribution in [1.82, 2.24) is 0 Å². The Morgan fingerprint density at radius 1 is 1.06 bits per heavy atom. The third-order valence-corrected chi connectivity index (χ3v) is 2.71. The smallest absolute Gasteiger partial charge is 0.0187 e. The third kappa shape index (κ3) is 5.53. The topological polar surface area (TPSA) is 0 Å². The molecule has 0 saturated carbocycles. The molecule has 1 rings (SSSR count). The maximum Gasteiger partial charge on any atom is -0.0187 e. The second kappa shape index (κ2) is 8.81. The van der Waals surface area contributed by atoms with Gasteiger partial charge >= 0.3 is 0 Å². The lowest BCUT2D eigenvalue weighted by Gasteiger charge is -2.07. The molecule has 0 atom stereocenters. The summed E-state index contributed by atoms with van der Waals surface area (Å²) in [6.45, 7) is 12.7. The first-order chi connectivity index (χ1) is 8.15. The summed E-state index contributed by atoms with van der Waals surface area (Å²) >= 11 is 0. The fourth-order valence-electron chi connectivity index (χ4n) is 1.38. The molecule has 0 spiro atoms. The monoisotopic (exact) mass is 230 g/mol. The Morgan fingerprint density at radius 3 is 2.00 bits per heavy atom. The maximum absolute atomic E-state index is 2.28. The normalized spacial score (nSPS) is 12.2. The van der Waals surface area contributed by atoms with Gasteiger partial charge in [0, 0.05) is 0 Å². The van der Waals surface area contributed by atoms with Crippen LogP contribution in [0.4, 0.5) is 0 Å². The first-order valence-electron chi connectivity index (χ1n) is 6.55. The highest BCUT2D eigenvalue weighted by atomic mass is 14.1. The average molecular weight is 230 g/mol. The Balaban J connectivity index is 0.00000121. The highest BCUT2D eigenvalue weighted by Crippen LogP contribution is 2.19. The van der Waals surface area contributed by atoms with E-state index in [4.69, 9.17) is 0 Å². The number of benzene rings is 1. The van der Waals surface area contributed by atoms with Crippen LogP contribution in [0.25, 0.3) is 5.57 Å². The van der Waals surface area contributed by atoms with E-state index in [0.29, 0.717) is 5.92 Å². The van der Waals surface area contributed by atoms with Crippen LogP contribution in [0, 0.1) is 5.92 Å². The van der Waals surface area contributed by atoms with E-state index < -0.39 is 0 Å². The SMILES string of the molecule is C/C=C(\C=C(/C)C(C)C)c1ccccc1.CC. The number of hydrogen-bond acceptors (Lipinski definition) is 0. The highest BCUT2D eigenvalue weighted by molar-refractivity contribution is 5.74. The molecule has 0 aromatic heterocycles. The minimum Gasteiger partial charge on any atom is -0.0798 e. The zero-order chi connectivity index (χ0) is 13.3. The molecule has 0 bridgehead atoms. The summed E-state index contributed by atoms with van der Waals surface area (Å²) in [5.41, 5.74) is 4.02. The van der Waals surface area contributed by atoms with E-state index in [9.17, 15) is 0 Å². The predicted molar refractivity (Wildman–Crippen MR) is 80.0 cm³/mol. The van der Waals surface area contributed by atoms with Gasteiger partial charge in [-0.05, 0) is 30.9 Å². The molecular formula is C17H26. The summed E-state index contributed by atoms with van der Waals surface area (Å²) in [5.74, 6) is 0.615. The molecule has 0 N–H and O–H groups in total. The second-order valence-electron chi connectivity index (χ2n) is 4.15. The van der Waals surface area contributed by atoms with Crippen molar-refractivity contribution in [3.63, 3.8) is 0 Å². The van der Waals surface area contributed by atoms with Crippen LogP contribution >= 0.6 is 0 Å². The van der Waals surface area contributed by atoms with Gasteiger partial charge in [-0.1, -0.05) is 75.8 Å². The van der Waals surface area contributed by atoms with Gasteiger partial charge in [0.1, 0.15) is 0 Å². The molecule has 0 heterocycles. The maximum atomic E-state index is 2.28. The molecule has 0 amide bonds. The minimum atomic E-state index is 0.615. The Kier molecular flexibility index (Phi) is 8.13. The van der Waals surface area contributed by atoms with Crippen molar-refractivity contribution in [2.45, 2.75) is 41.5 Å². The van der Waals surface area contributed by atoms with Crippen LogP contribution in [0.3, 0.4) is 0 Å². The Bertz CT molecular complexity index is 353. The lowest BCUT2D eigenvalue weighted by Crippen LogP contribution is -1.90. The van der Waals surface area contributed by atoms with Crippen molar-refractivity contribution in [1.29, 1.82) is 0 Å². The Hall–Kier alpha value is -1.30. The summed E-state index contributed by atoms with van der Waals surface area (Å²) in [6, 6.07) is 10.5. The van der Waals surface area contributed by atoms with E-state index in [1.54, 1.807) is 0 Å². The third-order valence-electron chi connectivity index (χ3n) is 2.71. The van der Waals surface area contributed by atoms with Crippen LogP contribution in [-0.2, 0) is 0 Å². The lowest BCUT2D eigenvalue weighted by molar-refractivity contribution is 0.770. The summed E-state index contributed by atoms with van der Waals surface area (Å²) < 4.78 is 0. The van der Waals surface area contributed by atoms with Gasteiger partial charge in [-0.3, -0.25) is 0 Å². The van der Waals surface area contributed by atoms with E-state index in [1.165, 1.54) is 16.7 Å². The molecule has 0 aliphatic rings. The zero-order valence-corrected chi connectivity index (χ0v) is 12.1.